The molecule has 0 radical (unpaired) electrons. The maximum atomic E-state index is 12.4. The number of hydrogen-bond donors (Lipinski definition) is 1. The molecule has 0 saturated heterocycles. The van der Waals surface area contributed by atoms with Gasteiger partial charge < -0.3 is 9.84 Å². The second-order valence-electron chi connectivity index (χ2n) is 5.65. The van der Waals surface area contributed by atoms with Gasteiger partial charge in [-0.05, 0) is 43.7 Å². The molecule has 0 aliphatic carbocycles. The van der Waals surface area contributed by atoms with Crippen molar-refractivity contribution in [3.63, 3.8) is 0 Å². The van der Waals surface area contributed by atoms with Crippen LogP contribution in [0.4, 0.5) is 0 Å². The molecule has 0 aliphatic heterocycles. The normalized spacial score (nSPS) is 11.9. The number of nitrogens with one attached hydrogen (secondary N) is 1. The SMILES string of the molecule is Cc1noc(CSc2ccc(C(=O)NC(C)c3ccccc3)cc2)n1. The molecule has 1 amide bonds. The molecule has 2 aromatic carbocycles. The molecule has 1 N–H and O–H groups in total. The van der Waals surface area contributed by atoms with E-state index in [1.165, 1.54) is 0 Å². The van der Waals surface area contributed by atoms with Gasteiger partial charge in [0.15, 0.2) is 5.82 Å². The second kappa shape index (κ2) is 7.98. The molecule has 0 bridgehead atoms. The minimum Gasteiger partial charge on any atom is -0.346 e. The Morgan fingerprint density at radius 1 is 1.16 bits per heavy atom. The summed E-state index contributed by atoms with van der Waals surface area (Å²) in [6.07, 6.45) is 0. The molecule has 0 spiro atoms. The Balaban J connectivity index is 1.57. The third-order valence-corrected chi connectivity index (χ3v) is 4.69. The predicted octanol–water partition coefficient (Wildman–Crippen LogP) is 4.16. The van der Waals surface area contributed by atoms with Gasteiger partial charge in [-0.25, -0.2) is 0 Å². The van der Waals surface area contributed by atoms with Crippen LogP contribution in [-0.2, 0) is 5.75 Å². The summed E-state index contributed by atoms with van der Waals surface area (Å²) in [4.78, 5) is 17.6. The highest BCUT2D eigenvalue weighted by molar-refractivity contribution is 7.98. The van der Waals surface area contributed by atoms with Crippen LogP contribution in [0.2, 0.25) is 0 Å². The lowest BCUT2D eigenvalue weighted by Gasteiger charge is -2.14. The van der Waals surface area contributed by atoms with Gasteiger partial charge in [-0.1, -0.05) is 35.5 Å². The number of rotatable bonds is 6. The molecule has 5 nitrogen and oxygen atoms in total. The van der Waals surface area contributed by atoms with Crippen molar-refractivity contribution in [2.24, 2.45) is 0 Å². The van der Waals surface area contributed by atoms with Gasteiger partial charge in [0.05, 0.1) is 11.8 Å². The Hall–Kier alpha value is -2.60. The number of nitrogens with zero attached hydrogens (tertiary/aromatic N) is 2. The molecule has 3 rings (SSSR count). The van der Waals surface area contributed by atoms with Gasteiger partial charge in [0.1, 0.15) is 0 Å². The second-order valence-corrected chi connectivity index (χ2v) is 6.70. The van der Waals surface area contributed by atoms with Crippen LogP contribution in [0.1, 0.15) is 40.6 Å². The fourth-order valence-electron chi connectivity index (χ4n) is 2.35. The number of aromatic nitrogens is 2. The molecule has 128 valence electrons. The number of amides is 1. The average molecular weight is 353 g/mol. The summed E-state index contributed by atoms with van der Waals surface area (Å²) in [5, 5.41) is 6.78. The summed E-state index contributed by atoms with van der Waals surface area (Å²) < 4.78 is 5.09. The highest BCUT2D eigenvalue weighted by Gasteiger charge is 2.11. The largest absolute Gasteiger partial charge is 0.346 e. The first-order chi connectivity index (χ1) is 12.1. The van der Waals surface area contributed by atoms with Crippen LogP contribution in [-0.4, -0.2) is 16.0 Å². The van der Waals surface area contributed by atoms with Gasteiger partial charge in [-0.3, -0.25) is 4.79 Å². The molecule has 1 unspecified atom stereocenters. The molecule has 0 fully saturated rings. The van der Waals surface area contributed by atoms with E-state index in [-0.39, 0.29) is 11.9 Å². The molecular formula is C19H19N3O2S. The third kappa shape index (κ3) is 4.70. The highest BCUT2D eigenvalue weighted by atomic mass is 32.2. The van der Waals surface area contributed by atoms with Crippen molar-refractivity contribution in [3.8, 4) is 0 Å². The summed E-state index contributed by atoms with van der Waals surface area (Å²) in [7, 11) is 0. The minimum atomic E-state index is -0.0829. The van der Waals surface area contributed by atoms with Crippen LogP contribution >= 0.6 is 11.8 Å². The Bertz CT molecular complexity index is 831. The van der Waals surface area contributed by atoms with Gasteiger partial charge in [-0.2, -0.15) is 4.98 Å². The van der Waals surface area contributed by atoms with Crippen LogP contribution in [0.3, 0.4) is 0 Å². The molecule has 25 heavy (non-hydrogen) atoms. The zero-order chi connectivity index (χ0) is 17.6. The van der Waals surface area contributed by atoms with Crippen LogP contribution in [0, 0.1) is 6.92 Å². The lowest BCUT2D eigenvalue weighted by atomic mass is 10.1. The lowest BCUT2D eigenvalue weighted by molar-refractivity contribution is 0.0940. The van der Waals surface area contributed by atoms with Crippen molar-refractivity contribution >= 4 is 17.7 Å². The molecular weight excluding hydrogens is 334 g/mol. The van der Waals surface area contributed by atoms with Crippen molar-refractivity contribution in [3.05, 3.63) is 77.4 Å². The van der Waals surface area contributed by atoms with Gasteiger partial charge in [0.25, 0.3) is 5.91 Å². The number of carbonyl (C=O) groups excluding carboxylic acids is 1. The highest BCUT2D eigenvalue weighted by Crippen LogP contribution is 2.22. The molecule has 1 aromatic heterocycles. The summed E-state index contributed by atoms with van der Waals surface area (Å²) in [5.41, 5.74) is 1.72. The maximum Gasteiger partial charge on any atom is 0.251 e. The van der Waals surface area contributed by atoms with Crippen molar-refractivity contribution < 1.29 is 9.32 Å². The quantitative estimate of drug-likeness (QED) is 0.674. The molecule has 6 heteroatoms. The number of benzene rings is 2. The van der Waals surface area contributed by atoms with Crippen LogP contribution < -0.4 is 5.32 Å². The van der Waals surface area contributed by atoms with Gasteiger partial charge >= 0.3 is 0 Å². The van der Waals surface area contributed by atoms with E-state index in [1.54, 1.807) is 18.7 Å². The van der Waals surface area contributed by atoms with Crippen LogP contribution in [0.25, 0.3) is 0 Å². The van der Waals surface area contributed by atoms with E-state index in [0.717, 1.165) is 10.5 Å². The monoisotopic (exact) mass is 353 g/mol. The number of hydrogen-bond acceptors (Lipinski definition) is 5. The smallest absolute Gasteiger partial charge is 0.251 e. The topological polar surface area (TPSA) is 68.0 Å². The number of aryl methyl sites for hydroxylation is 1. The molecule has 1 atom stereocenters. The van der Waals surface area contributed by atoms with E-state index in [4.69, 9.17) is 4.52 Å². The van der Waals surface area contributed by atoms with E-state index in [2.05, 4.69) is 15.5 Å². The minimum absolute atomic E-state index is 0.0384. The van der Waals surface area contributed by atoms with Gasteiger partial charge in [0.2, 0.25) is 5.89 Å². The van der Waals surface area contributed by atoms with E-state index in [0.29, 0.717) is 23.0 Å². The summed E-state index contributed by atoms with van der Waals surface area (Å²) in [6.45, 7) is 3.77. The average Bonchev–Trinajstić information content (AvgIpc) is 3.06. The fraction of sp³-hybridized carbons (Fsp3) is 0.211. The van der Waals surface area contributed by atoms with Crippen molar-refractivity contribution in [2.75, 3.05) is 0 Å². The first-order valence-corrected chi connectivity index (χ1v) is 8.98. The maximum absolute atomic E-state index is 12.4. The Morgan fingerprint density at radius 3 is 2.52 bits per heavy atom. The number of carbonyl (C=O) groups is 1. The standard InChI is InChI=1S/C19H19N3O2S/c1-13(15-6-4-3-5-7-15)20-19(23)16-8-10-17(11-9-16)25-12-18-21-14(2)22-24-18/h3-11,13H,12H2,1-2H3,(H,20,23). The van der Waals surface area contributed by atoms with Gasteiger partial charge in [0, 0.05) is 10.5 Å². The van der Waals surface area contributed by atoms with Gasteiger partial charge in [-0.15, -0.1) is 11.8 Å². The Morgan fingerprint density at radius 2 is 1.88 bits per heavy atom. The van der Waals surface area contributed by atoms with E-state index in [1.807, 2.05) is 61.5 Å². The lowest BCUT2D eigenvalue weighted by Crippen LogP contribution is -2.26. The summed E-state index contributed by atoms with van der Waals surface area (Å²) >= 11 is 1.59. The molecule has 1 heterocycles. The first kappa shape index (κ1) is 17.2. The van der Waals surface area contributed by atoms with Crippen molar-refractivity contribution in [1.29, 1.82) is 0 Å². The summed E-state index contributed by atoms with van der Waals surface area (Å²) in [6, 6.07) is 17.4. The number of thioether (sulfide) groups is 1. The molecule has 0 saturated carbocycles. The van der Waals surface area contributed by atoms with Crippen LogP contribution in [0.5, 0.6) is 0 Å². The zero-order valence-corrected chi connectivity index (χ0v) is 14.9. The van der Waals surface area contributed by atoms with E-state index < -0.39 is 0 Å². The Kier molecular flexibility index (Phi) is 5.50. The fourth-order valence-corrected chi connectivity index (χ4v) is 3.09. The molecule has 0 aliphatic rings. The first-order valence-electron chi connectivity index (χ1n) is 7.99. The molecule has 3 aromatic rings. The van der Waals surface area contributed by atoms with Crippen molar-refractivity contribution in [1.82, 2.24) is 15.5 Å². The van der Waals surface area contributed by atoms with E-state index >= 15 is 0 Å². The predicted molar refractivity (Wildman–Crippen MR) is 97.4 cm³/mol. The Labute approximate surface area is 150 Å². The van der Waals surface area contributed by atoms with E-state index in [9.17, 15) is 4.79 Å². The third-order valence-electron chi connectivity index (χ3n) is 3.70. The zero-order valence-electron chi connectivity index (χ0n) is 14.1. The van der Waals surface area contributed by atoms with Crippen LogP contribution in [0.15, 0.2) is 64.0 Å². The summed E-state index contributed by atoms with van der Waals surface area (Å²) in [5.74, 6) is 1.76. The van der Waals surface area contributed by atoms with Crippen molar-refractivity contribution in [2.45, 2.75) is 30.5 Å².